The van der Waals surface area contributed by atoms with Crippen molar-refractivity contribution in [1.29, 1.82) is 0 Å². The van der Waals surface area contributed by atoms with Gasteiger partial charge in [0.2, 0.25) is 0 Å². The summed E-state index contributed by atoms with van der Waals surface area (Å²) in [5.74, 6) is -0.662. The second-order valence-corrected chi connectivity index (χ2v) is 10.8. The highest BCUT2D eigenvalue weighted by molar-refractivity contribution is 8.15. The maximum atomic E-state index is 12.6. The number of ether oxygens (including phenoxy) is 1. The number of benzene rings is 2. The van der Waals surface area contributed by atoms with Gasteiger partial charge in [-0.2, -0.15) is 0 Å². The number of nitrogens with one attached hydrogen (secondary N) is 1. The van der Waals surface area contributed by atoms with Crippen molar-refractivity contribution in [2.45, 2.75) is 44.1 Å². The lowest BCUT2D eigenvalue weighted by molar-refractivity contribution is -0.123. The van der Waals surface area contributed by atoms with Crippen molar-refractivity contribution >= 4 is 50.2 Å². The summed E-state index contributed by atoms with van der Waals surface area (Å²) in [6.07, 6.45) is 0.0407. The second-order valence-electron chi connectivity index (χ2n) is 8.06. The number of amidine groups is 1. The molecular formula is C23H25N3O5S2. The van der Waals surface area contributed by atoms with Crippen molar-refractivity contribution in [3.8, 4) is 0 Å². The highest BCUT2D eigenvalue weighted by Crippen LogP contribution is 2.42. The highest BCUT2D eigenvalue weighted by atomic mass is 32.2. The average molecular weight is 488 g/mol. The van der Waals surface area contributed by atoms with E-state index in [1.54, 1.807) is 18.2 Å². The Morgan fingerprint density at radius 2 is 1.91 bits per heavy atom. The maximum absolute atomic E-state index is 12.6. The molecular weight excluding hydrogens is 462 g/mol. The van der Waals surface area contributed by atoms with Crippen LogP contribution in [0.4, 0.5) is 11.4 Å². The zero-order valence-corrected chi connectivity index (χ0v) is 20.2. The van der Waals surface area contributed by atoms with Gasteiger partial charge in [-0.05, 0) is 66.9 Å². The van der Waals surface area contributed by atoms with Crippen LogP contribution < -0.4 is 10.2 Å². The molecule has 0 saturated carbocycles. The third kappa shape index (κ3) is 5.06. The van der Waals surface area contributed by atoms with E-state index in [4.69, 9.17) is 4.74 Å². The monoisotopic (exact) mass is 487 g/mol. The van der Waals surface area contributed by atoms with Crippen molar-refractivity contribution in [3.05, 3.63) is 53.6 Å². The van der Waals surface area contributed by atoms with Crippen LogP contribution in [0.25, 0.3) is 0 Å². The Bertz CT molecular complexity index is 1230. The number of carbonyl (C=O) groups excluding carboxylic acids is 2. The first-order valence-corrected chi connectivity index (χ1v) is 13.1. The molecule has 0 saturated heterocycles. The molecule has 1 N–H and O–H groups in total. The molecule has 0 spiro atoms. The summed E-state index contributed by atoms with van der Waals surface area (Å²) in [7, 11) is -3.45. The van der Waals surface area contributed by atoms with Crippen LogP contribution in [0.3, 0.4) is 0 Å². The van der Waals surface area contributed by atoms with Crippen molar-refractivity contribution in [2.24, 2.45) is 4.40 Å². The predicted octanol–water partition coefficient (Wildman–Crippen LogP) is 4.00. The molecule has 2 aromatic rings. The van der Waals surface area contributed by atoms with Gasteiger partial charge in [-0.15, -0.1) is 4.40 Å². The van der Waals surface area contributed by atoms with E-state index in [9.17, 15) is 18.0 Å². The molecule has 2 aromatic carbocycles. The molecule has 0 aliphatic carbocycles. The average Bonchev–Trinajstić information content (AvgIpc) is 3.14. The van der Waals surface area contributed by atoms with Gasteiger partial charge in [-0.25, -0.2) is 13.2 Å². The van der Waals surface area contributed by atoms with Gasteiger partial charge in [0, 0.05) is 17.1 Å². The van der Waals surface area contributed by atoms with E-state index in [2.05, 4.69) is 23.6 Å². The van der Waals surface area contributed by atoms with Crippen LogP contribution in [0.5, 0.6) is 0 Å². The number of fused-ring (bicyclic) bond motifs is 3. The fraction of sp³-hybridized carbons (Fsp3) is 0.348. The lowest BCUT2D eigenvalue weighted by Gasteiger charge is -2.22. The third-order valence-electron chi connectivity index (χ3n) is 5.72. The van der Waals surface area contributed by atoms with Crippen LogP contribution in [0.15, 0.2) is 51.8 Å². The van der Waals surface area contributed by atoms with Crippen LogP contribution >= 0.6 is 11.8 Å². The molecule has 2 aliphatic rings. The number of esters is 1. The molecule has 1 amide bonds. The summed E-state index contributed by atoms with van der Waals surface area (Å²) in [6, 6.07) is 12.6. The van der Waals surface area contributed by atoms with Gasteiger partial charge in [-0.3, -0.25) is 4.79 Å². The number of sulfonamides is 1. The maximum Gasteiger partial charge on any atom is 0.338 e. The van der Waals surface area contributed by atoms with Gasteiger partial charge in [0.05, 0.1) is 17.0 Å². The molecule has 10 heteroatoms. The molecule has 2 heterocycles. The Labute approximate surface area is 197 Å². The van der Waals surface area contributed by atoms with E-state index in [-0.39, 0.29) is 11.3 Å². The minimum atomic E-state index is -3.45. The molecule has 33 heavy (non-hydrogen) atoms. The van der Waals surface area contributed by atoms with Gasteiger partial charge < -0.3 is 15.0 Å². The Balaban J connectivity index is 1.39. The van der Waals surface area contributed by atoms with Crippen molar-refractivity contribution < 1.29 is 22.7 Å². The van der Waals surface area contributed by atoms with E-state index in [1.165, 1.54) is 24.2 Å². The van der Waals surface area contributed by atoms with E-state index in [1.807, 2.05) is 29.2 Å². The summed E-state index contributed by atoms with van der Waals surface area (Å²) < 4.78 is 32.7. The third-order valence-corrected chi connectivity index (χ3v) is 8.03. The van der Waals surface area contributed by atoms with E-state index >= 15 is 0 Å². The number of hydrogen-bond donors (Lipinski definition) is 1. The summed E-state index contributed by atoms with van der Waals surface area (Å²) in [6.45, 7) is 6.11. The molecule has 2 aliphatic heterocycles. The lowest BCUT2D eigenvalue weighted by atomic mass is 9.99. The standard InChI is InChI=1S/C23H25N3O5S2/c1-4-14(2)16-5-8-18(9-6-16)24-21(27)15(3)31-22(28)17-7-10-19-20(13-17)32-23-25-33(29,30)12-11-26(19)23/h5-10,13-15H,4,11-12H2,1-3H3,(H,24,27)/t14-,15-/m0/s1. The molecule has 8 nitrogen and oxygen atoms in total. The smallest absolute Gasteiger partial charge is 0.338 e. The van der Waals surface area contributed by atoms with Crippen LogP contribution in [0, 0.1) is 0 Å². The molecule has 4 rings (SSSR count). The Kier molecular flexibility index (Phi) is 6.49. The minimum absolute atomic E-state index is 0.0483. The van der Waals surface area contributed by atoms with Crippen LogP contribution in [-0.4, -0.2) is 43.9 Å². The van der Waals surface area contributed by atoms with Gasteiger partial charge in [-0.1, -0.05) is 26.0 Å². The molecule has 0 aromatic heterocycles. The number of hydrogen-bond acceptors (Lipinski definition) is 7. The zero-order chi connectivity index (χ0) is 23.8. The normalized spacial score (nSPS) is 17.9. The van der Waals surface area contributed by atoms with Gasteiger partial charge >= 0.3 is 5.97 Å². The van der Waals surface area contributed by atoms with E-state index < -0.39 is 28.0 Å². The minimum Gasteiger partial charge on any atom is -0.449 e. The van der Waals surface area contributed by atoms with Crippen LogP contribution in [-0.2, 0) is 19.6 Å². The van der Waals surface area contributed by atoms with Gasteiger partial charge in [0.1, 0.15) is 0 Å². The topological polar surface area (TPSA) is 105 Å². The number of nitrogens with zero attached hydrogens (tertiary/aromatic N) is 2. The molecule has 174 valence electrons. The second kappa shape index (κ2) is 9.18. The predicted molar refractivity (Wildman–Crippen MR) is 130 cm³/mol. The SMILES string of the molecule is CC[C@H](C)c1ccc(NC(=O)[C@H](C)OC(=O)c2ccc3c(c2)SC2=NS(=O)(=O)CCN23)cc1. The number of anilines is 2. The van der Waals surface area contributed by atoms with Crippen molar-refractivity contribution in [2.75, 3.05) is 22.5 Å². The first kappa shape index (κ1) is 23.3. The summed E-state index contributed by atoms with van der Waals surface area (Å²) in [5.41, 5.74) is 2.92. The Morgan fingerprint density at radius 1 is 1.18 bits per heavy atom. The van der Waals surface area contributed by atoms with Gasteiger partial charge in [0.15, 0.2) is 11.3 Å². The fourth-order valence-corrected chi connectivity index (χ4v) is 5.81. The van der Waals surface area contributed by atoms with Crippen LogP contribution in [0.2, 0.25) is 0 Å². The van der Waals surface area contributed by atoms with Crippen molar-refractivity contribution in [3.63, 3.8) is 0 Å². The molecule has 2 atom stereocenters. The zero-order valence-electron chi connectivity index (χ0n) is 18.6. The Hall–Kier alpha value is -2.85. The molecule has 0 radical (unpaired) electrons. The number of rotatable bonds is 6. The molecule has 0 bridgehead atoms. The fourth-order valence-electron chi connectivity index (χ4n) is 3.51. The highest BCUT2D eigenvalue weighted by Gasteiger charge is 2.33. The first-order valence-electron chi connectivity index (χ1n) is 10.7. The van der Waals surface area contributed by atoms with E-state index in [0.717, 1.165) is 17.0 Å². The number of amides is 1. The number of carbonyl (C=O) groups is 2. The van der Waals surface area contributed by atoms with Crippen molar-refractivity contribution in [1.82, 2.24) is 0 Å². The summed E-state index contributed by atoms with van der Waals surface area (Å²) in [4.78, 5) is 27.7. The molecule has 0 fully saturated rings. The largest absolute Gasteiger partial charge is 0.449 e. The summed E-state index contributed by atoms with van der Waals surface area (Å²) >= 11 is 1.20. The summed E-state index contributed by atoms with van der Waals surface area (Å²) in [5, 5.41) is 3.15. The first-order chi connectivity index (χ1) is 15.7. The molecule has 0 unspecified atom stereocenters. The van der Waals surface area contributed by atoms with Gasteiger partial charge in [0.25, 0.3) is 15.9 Å². The van der Waals surface area contributed by atoms with E-state index in [0.29, 0.717) is 23.3 Å². The Morgan fingerprint density at radius 3 is 2.61 bits per heavy atom. The lowest BCUT2D eigenvalue weighted by Crippen LogP contribution is -2.35. The number of thioether (sulfide) groups is 1. The quantitative estimate of drug-likeness (QED) is 0.614. The van der Waals surface area contributed by atoms with Crippen LogP contribution in [0.1, 0.15) is 49.0 Å².